The molecule has 1 aliphatic heterocycles. The molecule has 18 heavy (non-hydrogen) atoms. The first-order chi connectivity index (χ1) is 8.79. The van der Waals surface area contributed by atoms with Crippen molar-refractivity contribution in [3.05, 3.63) is 0 Å². The number of rotatable bonds is 4. The monoisotopic (exact) mass is 250 g/mol. The molecule has 3 fully saturated rings. The van der Waals surface area contributed by atoms with Crippen LogP contribution in [0.5, 0.6) is 0 Å². The number of hydrogen-bond donors (Lipinski definition) is 1. The highest BCUT2D eigenvalue weighted by Crippen LogP contribution is 2.27. The molecule has 1 N–H and O–H groups in total. The fourth-order valence-corrected chi connectivity index (χ4v) is 4.05. The SMILES string of the molecule is CC1CC(NC2CC2)CN(CC2CCCCC2)C1. The molecule has 2 unspecified atom stereocenters. The third kappa shape index (κ3) is 3.71. The predicted molar refractivity (Wildman–Crippen MR) is 76.7 cm³/mol. The Hall–Kier alpha value is -0.0800. The molecule has 0 spiro atoms. The van der Waals surface area contributed by atoms with Gasteiger partial charge >= 0.3 is 0 Å². The molecule has 3 aliphatic rings. The predicted octanol–water partition coefficient (Wildman–Crippen LogP) is 3.03. The van der Waals surface area contributed by atoms with Gasteiger partial charge in [-0.15, -0.1) is 0 Å². The van der Waals surface area contributed by atoms with E-state index in [-0.39, 0.29) is 0 Å². The zero-order valence-electron chi connectivity index (χ0n) is 12.0. The minimum absolute atomic E-state index is 0.782. The van der Waals surface area contributed by atoms with E-state index in [0.29, 0.717) is 0 Å². The Balaban J connectivity index is 1.47. The van der Waals surface area contributed by atoms with Crippen molar-refractivity contribution in [2.24, 2.45) is 11.8 Å². The highest BCUT2D eigenvalue weighted by molar-refractivity contribution is 4.90. The Morgan fingerprint density at radius 3 is 2.44 bits per heavy atom. The first kappa shape index (κ1) is 12.9. The van der Waals surface area contributed by atoms with Gasteiger partial charge in [-0.25, -0.2) is 0 Å². The second kappa shape index (κ2) is 5.92. The molecule has 0 aromatic carbocycles. The summed E-state index contributed by atoms with van der Waals surface area (Å²) in [5.41, 5.74) is 0. The van der Waals surface area contributed by atoms with Gasteiger partial charge in [0.05, 0.1) is 0 Å². The summed E-state index contributed by atoms with van der Waals surface area (Å²) in [4.78, 5) is 2.77. The number of piperidine rings is 1. The molecule has 2 saturated carbocycles. The van der Waals surface area contributed by atoms with Crippen LogP contribution in [0.25, 0.3) is 0 Å². The highest BCUT2D eigenvalue weighted by atomic mass is 15.2. The van der Waals surface area contributed by atoms with Crippen molar-refractivity contribution in [3.63, 3.8) is 0 Å². The molecule has 1 heterocycles. The third-order valence-corrected chi connectivity index (χ3v) is 5.03. The van der Waals surface area contributed by atoms with E-state index in [2.05, 4.69) is 17.1 Å². The number of nitrogens with zero attached hydrogens (tertiary/aromatic N) is 1. The van der Waals surface area contributed by atoms with Crippen molar-refractivity contribution in [2.45, 2.75) is 70.4 Å². The maximum atomic E-state index is 3.85. The van der Waals surface area contributed by atoms with E-state index in [1.807, 2.05) is 0 Å². The molecule has 0 aromatic heterocycles. The minimum Gasteiger partial charge on any atom is -0.310 e. The van der Waals surface area contributed by atoms with Crippen molar-refractivity contribution in [1.29, 1.82) is 0 Å². The molecule has 0 amide bonds. The molecule has 2 atom stereocenters. The second-order valence-corrected chi connectivity index (χ2v) is 7.20. The average molecular weight is 250 g/mol. The van der Waals surface area contributed by atoms with E-state index in [9.17, 15) is 0 Å². The lowest BCUT2D eigenvalue weighted by Gasteiger charge is -2.39. The lowest BCUT2D eigenvalue weighted by atomic mass is 9.87. The fraction of sp³-hybridized carbons (Fsp3) is 1.00. The minimum atomic E-state index is 0.782. The highest BCUT2D eigenvalue weighted by Gasteiger charge is 2.30. The summed E-state index contributed by atoms with van der Waals surface area (Å²) in [5.74, 6) is 1.89. The van der Waals surface area contributed by atoms with Crippen molar-refractivity contribution < 1.29 is 0 Å². The topological polar surface area (TPSA) is 15.3 Å². The van der Waals surface area contributed by atoms with Gasteiger partial charge in [0.15, 0.2) is 0 Å². The number of likely N-dealkylation sites (tertiary alicyclic amines) is 1. The van der Waals surface area contributed by atoms with E-state index >= 15 is 0 Å². The zero-order chi connectivity index (χ0) is 12.4. The summed E-state index contributed by atoms with van der Waals surface area (Å²) in [6.45, 7) is 6.48. The van der Waals surface area contributed by atoms with Crippen LogP contribution in [0.15, 0.2) is 0 Å². The number of nitrogens with one attached hydrogen (secondary N) is 1. The Labute approximate surface area is 113 Å². The van der Waals surface area contributed by atoms with Crippen LogP contribution in [0.1, 0.15) is 58.3 Å². The van der Waals surface area contributed by atoms with Crippen LogP contribution < -0.4 is 5.32 Å². The first-order valence-electron chi connectivity index (χ1n) is 8.28. The number of hydrogen-bond acceptors (Lipinski definition) is 2. The summed E-state index contributed by atoms with van der Waals surface area (Å²) in [6, 6.07) is 1.65. The van der Waals surface area contributed by atoms with Gasteiger partial charge in [-0.05, 0) is 43.9 Å². The maximum Gasteiger partial charge on any atom is 0.0200 e. The summed E-state index contributed by atoms with van der Waals surface area (Å²) < 4.78 is 0. The average Bonchev–Trinajstić information content (AvgIpc) is 3.13. The Morgan fingerprint density at radius 2 is 1.72 bits per heavy atom. The maximum absolute atomic E-state index is 3.85. The van der Waals surface area contributed by atoms with Crippen LogP contribution >= 0.6 is 0 Å². The summed E-state index contributed by atoms with van der Waals surface area (Å²) >= 11 is 0. The normalized spacial score (nSPS) is 35.8. The van der Waals surface area contributed by atoms with E-state index < -0.39 is 0 Å². The van der Waals surface area contributed by atoms with Gasteiger partial charge in [0.25, 0.3) is 0 Å². The van der Waals surface area contributed by atoms with Gasteiger partial charge in [-0.1, -0.05) is 26.2 Å². The van der Waals surface area contributed by atoms with E-state index in [1.54, 1.807) is 0 Å². The zero-order valence-corrected chi connectivity index (χ0v) is 12.0. The summed E-state index contributed by atoms with van der Waals surface area (Å²) in [6.07, 6.45) is 11.7. The molecule has 0 aromatic rings. The van der Waals surface area contributed by atoms with E-state index in [0.717, 1.165) is 23.9 Å². The van der Waals surface area contributed by atoms with E-state index in [1.165, 1.54) is 71.0 Å². The van der Waals surface area contributed by atoms with Crippen LogP contribution in [0, 0.1) is 11.8 Å². The Morgan fingerprint density at radius 1 is 0.944 bits per heavy atom. The smallest absolute Gasteiger partial charge is 0.0200 e. The molecule has 1 saturated heterocycles. The summed E-state index contributed by atoms with van der Waals surface area (Å²) in [5, 5.41) is 3.85. The standard InChI is InChI=1S/C16H30N2/c1-13-9-16(17-15-7-8-15)12-18(10-13)11-14-5-3-2-4-6-14/h13-17H,2-12H2,1H3. The van der Waals surface area contributed by atoms with Crippen LogP contribution in [0.2, 0.25) is 0 Å². The molecular weight excluding hydrogens is 220 g/mol. The molecular formula is C16H30N2. The second-order valence-electron chi connectivity index (χ2n) is 7.20. The Bertz CT molecular complexity index is 254. The quantitative estimate of drug-likeness (QED) is 0.825. The van der Waals surface area contributed by atoms with Crippen LogP contribution in [-0.4, -0.2) is 36.6 Å². The fourth-order valence-electron chi connectivity index (χ4n) is 4.05. The van der Waals surface area contributed by atoms with Crippen molar-refractivity contribution in [1.82, 2.24) is 10.2 Å². The largest absolute Gasteiger partial charge is 0.310 e. The van der Waals surface area contributed by atoms with Crippen molar-refractivity contribution >= 4 is 0 Å². The van der Waals surface area contributed by atoms with Crippen LogP contribution in [0.3, 0.4) is 0 Å². The molecule has 2 nitrogen and oxygen atoms in total. The molecule has 0 bridgehead atoms. The third-order valence-electron chi connectivity index (χ3n) is 5.03. The molecule has 3 rings (SSSR count). The van der Waals surface area contributed by atoms with Crippen LogP contribution in [0.4, 0.5) is 0 Å². The van der Waals surface area contributed by atoms with Crippen molar-refractivity contribution in [3.8, 4) is 0 Å². The first-order valence-corrected chi connectivity index (χ1v) is 8.28. The lowest BCUT2D eigenvalue weighted by molar-refractivity contribution is 0.118. The van der Waals surface area contributed by atoms with Gasteiger partial charge in [0, 0.05) is 31.7 Å². The summed E-state index contributed by atoms with van der Waals surface area (Å²) in [7, 11) is 0. The van der Waals surface area contributed by atoms with Gasteiger partial charge in [0.1, 0.15) is 0 Å². The molecule has 2 aliphatic carbocycles. The molecule has 2 heteroatoms. The van der Waals surface area contributed by atoms with Gasteiger partial charge in [0.2, 0.25) is 0 Å². The molecule has 0 radical (unpaired) electrons. The van der Waals surface area contributed by atoms with E-state index in [4.69, 9.17) is 0 Å². The molecule has 104 valence electrons. The lowest BCUT2D eigenvalue weighted by Crippen LogP contribution is -2.50. The van der Waals surface area contributed by atoms with Gasteiger partial charge in [-0.3, -0.25) is 0 Å². The van der Waals surface area contributed by atoms with Gasteiger partial charge < -0.3 is 10.2 Å². The Kier molecular flexibility index (Phi) is 4.25. The van der Waals surface area contributed by atoms with Crippen LogP contribution in [-0.2, 0) is 0 Å². The van der Waals surface area contributed by atoms with Crippen molar-refractivity contribution in [2.75, 3.05) is 19.6 Å². The van der Waals surface area contributed by atoms with Gasteiger partial charge in [-0.2, -0.15) is 0 Å².